The van der Waals surface area contributed by atoms with Crippen molar-refractivity contribution in [2.45, 2.75) is 39.2 Å². The number of amides is 1. The molecule has 0 aromatic heterocycles. The topological polar surface area (TPSA) is 35.9 Å². The first kappa shape index (κ1) is 19.8. The fourth-order valence-electron chi connectivity index (χ4n) is 4.12. The van der Waals surface area contributed by atoms with Crippen LogP contribution in [0.3, 0.4) is 0 Å². The summed E-state index contributed by atoms with van der Waals surface area (Å²) >= 11 is 0. The van der Waals surface area contributed by atoms with Crippen LogP contribution in [-0.2, 0) is 4.79 Å². The highest BCUT2D eigenvalue weighted by molar-refractivity contribution is 6.03. The molecule has 29 heavy (non-hydrogen) atoms. The van der Waals surface area contributed by atoms with E-state index in [4.69, 9.17) is 5.10 Å². The van der Waals surface area contributed by atoms with E-state index in [1.807, 2.05) is 25.1 Å². The van der Waals surface area contributed by atoms with Gasteiger partial charge in [0.1, 0.15) is 5.82 Å². The largest absolute Gasteiger partial charge is 0.294 e. The number of aryl methyl sites for hydroxylation is 1. The predicted octanol–water partition coefficient (Wildman–Crippen LogP) is 4.54. The summed E-state index contributed by atoms with van der Waals surface area (Å²) in [7, 11) is 0. The van der Waals surface area contributed by atoms with Crippen LogP contribution in [0, 0.1) is 18.7 Å². The lowest BCUT2D eigenvalue weighted by molar-refractivity contribution is -0.134. The lowest BCUT2D eigenvalue weighted by atomic mass is 9.97. The first-order chi connectivity index (χ1) is 14.0. The molecular weight excluding hydrogens is 365 g/mol. The molecule has 0 spiro atoms. The number of halogens is 1. The normalized spacial score (nSPS) is 20.7. The van der Waals surface area contributed by atoms with Crippen LogP contribution in [0.15, 0.2) is 53.6 Å². The third kappa shape index (κ3) is 4.56. The average Bonchev–Trinajstić information content (AvgIpc) is 3.16. The quantitative estimate of drug-likeness (QED) is 0.764. The number of nitrogens with zero attached hydrogens (tertiary/aromatic N) is 3. The van der Waals surface area contributed by atoms with Crippen molar-refractivity contribution in [1.29, 1.82) is 0 Å². The summed E-state index contributed by atoms with van der Waals surface area (Å²) in [5, 5.41) is 6.29. The van der Waals surface area contributed by atoms with Gasteiger partial charge in [-0.1, -0.05) is 48.9 Å². The van der Waals surface area contributed by atoms with Gasteiger partial charge < -0.3 is 0 Å². The monoisotopic (exact) mass is 393 g/mol. The molecule has 2 aliphatic heterocycles. The smallest absolute Gasteiger partial charge is 0.257 e. The number of hydrogen-bond donors (Lipinski definition) is 0. The molecular formula is C24H28FN3O. The van der Waals surface area contributed by atoms with Gasteiger partial charge in [-0.05, 0) is 62.0 Å². The molecule has 2 aromatic carbocycles. The van der Waals surface area contributed by atoms with Crippen LogP contribution >= 0.6 is 0 Å². The molecule has 0 radical (unpaired) electrons. The van der Waals surface area contributed by atoms with Gasteiger partial charge in [0.05, 0.1) is 18.3 Å². The number of piperidine rings is 1. The zero-order chi connectivity index (χ0) is 20.4. The van der Waals surface area contributed by atoms with Crippen molar-refractivity contribution in [3.63, 3.8) is 0 Å². The fraction of sp³-hybridized carbons (Fsp3) is 0.417. The van der Waals surface area contributed by atoms with Gasteiger partial charge in [0.15, 0.2) is 0 Å². The molecule has 0 N–H and O–H groups in total. The Labute approximate surface area is 172 Å². The van der Waals surface area contributed by atoms with E-state index in [0.717, 1.165) is 48.7 Å². The van der Waals surface area contributed by atoms with Crippen LogP contribution in [0.2, 0.25) is 0 Å². The van der Waals surface area contributed by atoms with Gasteiger partial charge in [0.2, 0.25) is 0 Å². The minimum Gasteiger partial charge on any atom is -0.294 e. The molecule has 4 rings (SSSR count). The Bertz CT molecular complexity index is 901. The number of carbonyl (C=O) groups excluding carboxylic acids is 1. The van der Waals surface area contributed by atoms with Gasteiger partial charge in [-0.25, -0.2) is 9.40 Å². The molecule has 0 saturated carbocycles. The highest BCUT2D eigenvalue weighted by Gasteiger charge is 2.34. The van der Waals surface area contributed by atoms with E-state index in [2.05, 4.69) is 24.0 Å². The summed E-state index contributed by atoms with van der Waals surface area (Å²) < 4.78 is 13.9. The third-order valence-corrected chi connectivity index (χ3v) is 6.02. The number of rotatable bonds is 4. The summed E-state index contributed by atoms with van der Waals surface area (Å²) in [6.45, 7) is 6.56. The highest BCUT2D eigenvalue weighted by Crippen LogP contribution is 2.33. The molecule has 2 heterocycles. The first-order valence-corrected chi connectivity index (χ1v) is 10.4. The van der Waals surface area contributed by atoms with Gasteiger partial charge >= 0.3 is 0 Å². The second-order valence-electron chi connectivity index (χ2n) is 8.38. The van der Waals surface area contributed by atoms with Gasteiger partial charge in [0, 0.05) is 6.42 Å². The molecule has 4 nitrogen and oxygen atoms in total. The van der Waals surface area contributed by atoms with Crippen molar-refractivity contribution in [3.05, 3.63) is 71.0 Å². The van der Waals surface area contributed by atoms with Gasteiger partial charge in [-0.2, -0.15) is 5.10 Å². The van der Waals surface area contributed by atoms with Crippen molar-refractivity contribution < 1.29 is 9.18 Å². The van der Waals surface area contributed by atoms with E-state index in [-0.39, 0.29) is 17.8 Å². The van der Waals surface area contributed by atoms with E-state index in [1.54, 1.807) is 11.1 Å². The summed E-state index contributed by atoms with van der Waals surface area (Å²) in [4.78, 5) is 15.4. The van der Waals surface area contributed by atoms with Gasteiger partial charge in [0.25, 0.3) is 5.91 Å². The molecule has 1 amide bonds. The second-order valence-corrected chi connectivity index (χ2v) is 8.38. The molecule has 5 heteroatoms. The van der Waals surface area contributed by atoms with Crippen molar-refractivity contribution in [1.82, 2.24) is 9.91 Å². The number of likely N-dealkylation sites (tertiary alicyclic amines) is 1. The Morgan fingerprint density at radius 1 is 1.14 bits per heavy atom. The van der Waals surface area contributed by atoms with Crippen molar-refractivity contribution >= 4 is 11.6 Å². The van der Waals surface area contributed by atoms with Crippen LogP contribution < -0.4 is 0 Å². The van der Waals surface area contributed by atoms with Crippen LogP contribution in [0.5, 0.6) is 0 Å². The van der Waals surface area contributed by atoms with Crippen molar-refractivity contribution in [2.24, 2.45) is 11.0 Å². The predicted molar refractivity (Wildman–Crippen MR) is 113 cm³/mol. The van der Waals surface area contributed by atoms with Crippen LogP contribution in [0.4, 0.5) is 4.39 Å². The molecule has 1 fully saturated rings. The lowest BCUT2D eigenvalue weighted by Gasteiger charge is -2.31. The van der Waals surface area contributed by atoms with E-state index >= 15 is 0 Å². The Morgan fingerprint density at radius 3 is 2.55 bits per heavy atom. The minimum absolute atomic E-state index is 0.0177. The Kier molecular flexibility index (Phi) is 5.76. The van der Waals surface area contributed by atoms with E-state index in [9.17, 15) is 9.18 Å². The Morgan fingerprint density at radius 2 is 1.86 bits per heavy atom. The number of hydrazone groups is 1. The zero-order valence-electron chi connectivity index (χ0n) is 17.1. The summed E-state index contributed by atoms with van der Waals surface area (Å²) in [5.74, 6) is 0.416. The van der Waals surface area contributed by atoms with Crippen molar-refractivity contribution in [3.8, 4) is 0 Å². The van der Waals surface area contributed by atoms with E-state index in [0.29, 0.717) is 13.0 Å². The number of carbonyl (C=O) groups is 1. The van der Waals surface area contributed by atoms with E-state index < -0.39 is 0 Å². The lowest BCUT2D eigenvalue weighted by Crippen LogP contribution is -2.41. The maximum absolute atomic E-state index is 13.9. The molecule has 2 aliphatic rings. The summed E-state index contributed by atoms with van der Waals surface area (Å²) in [6.07, 6.45) is 2.84. The van der Waals surface area contributed by atoms with Crippen LogP contribution in [-0.4, -0.2) is 41.2 Å². The summed E-state index contributed by atoms with van der Waals surface area (Å²) in [6, 6.07) is 14.4. The molecule has 1 atom stereocenters. The van der Waals surface area contributed by atoms with Crippen LogP contribution in [0.1, 0.15) is 48.9 Å². The first-order valence-electron chi connectivity index (χ1n) is 10.4. The molecule has 0 aliphatic carbocycles. The number of hydrogen-bond acceptors (Lipinski definition) is 3. The Hall–Kier alpha value is -2.53. The van der Waals surface area contributed by atoms with E-state index in [1.165, 1.54) is 17.7 Å². The van der Waals surface area contributed by atoms with Gasteiger partial charge in [-0.3, -0.25) is 9.69 Å². The Balaban J connectivity index is 1.58. The maximum Gasteiger partial charge on any atom is 0.257 e. The maximum atomic E-state index is 13.9. The fourth-order valence-corrected chi connectivity index (χ4v) is 4.12. The molecule has 0 unspecified atom stereocenters. The highest BCUT2D eigenvalue weighted by atomic mass is 19.1. The molecule has 1 saturated heterocycles. The van der Waals surface area contributed by atoms with Gasteiger partial charge in [-0.15, -0.1) is 0 Å². The minimum atomic E-state index is -0.288. The average molecular weight is 394 g/mol. The van der Waals surface area contributed by atoms with Crippen molar-refractivity contribution in [2.75, 3.05) is 19.6 Å². The summed E-state index contributed by atoms with van der Waals surface area (Å²) in [5.41, 5.74) is 3.86. The third-order valence-electron chi connectivity index (χ3n) is 6.02. The molecule has 0 bridgehead atoms. The van der Waals surface area contributed by atoms with Crippen LogP contribution in [0.25, 0.3) is 0 Å². The molecule has 152 valence electrons. The molecule has 2 aromatic rings. The zero-order valence-corrected chi connectivity index (χ0v) is 17.1. The SMILES string of the molecule is Cc1ccc(C2=NN(C(=O)CN3CCC(C)CC3)[C@H](c3cccc(F)c3)C2)cc1. The number of benzene rings is 2. The second kappa shape index (κ2) is 8.46. The standard InChI is InChI=1S/C24H28FN3O/c1-17-6-8-19(9-7-17)22-15-23(20-4-3-5-21(25)14-20)28(26-22)24(29)16-27-12-10-18(2)11-13-27/h3-9,14,18,23H,10-13,15-16H2,1-2H3/t23-/m0/s1.